The van der Waals surface area contributed by atoms with Gasteiger partial charge in [0.05, 0.1) is 6.04 Å². The number of likely N-dealkylation sites (tertiary alicyclic amines) is 1. The van der Waals surface area contributed by atoms with Crippen LogP contribution in [0.25, 0.3) is 5.65 Å². The van der Waals surface area contributed by atoms with Crippen molar-refractivity contribution in [2.45, 2.75) is 97.4 Å². The van der Waals surface area contributed by atoms with Crippen molar-refractivity contribution in [2.75, 3.05) is 13.1 Å². The van der Waals surface area contributed by atoms with Crippen molar-refractivity contribution >= 4 is 23.4 Å². The summed E-state index contributed by atoms with van der Waals surface area (Å²) in [5, 5.41) is 22.3. The van der Waals surface area contributed by atoms with Gasteiger partial charge in [0.25, 0.3) is 0 Å². The van der Waals surface area contributed by atoms with E-state index in [0.717, 1.165) is 47.9 Å². The highest BCUT2D eigenvalue weighted by molar-refractivity contribution is 5.92. The molecule has 0 radical (unpaired) electrons. The number of rotatable bonds is 13. The van der Waals surface area contributed by atoms with Gasteiger partial charge in [0.2, 0.25) is 5.91 Å². The molecule has 2 aromatic heterocycles. The maximum Gasteiger partial charge on any atom is 0.405 e. The number of imidazole rings is 1. The van der Waals surface area contributed by atoms with Gasteiger partial charge in [-0.2, -0.15) is 0 Å². The molecule has 4 atom stereocenters. The van der Waals surface area contributed by atoms with E-state index >= 15 is 0 Å². The van der Waals surface area contributed by atoms with Gasteiger partial charge in [-0.15, -0.1) is 0 Å². The predicted octanol–water partition coefficient (Wildman–Crippen LogP) is 5.22. The number of nitrogens with one attached hydrogen (secondary N) is 1. The molecule has 40 heavy (non-hydrogen) atoms. The third-order valence-electron chi connectivity index (χ3n) is 9.24. The van der Waals surface area contributed by atoms with E-state index in [0.29, 0.717) is 31.6 Å². The van der Waals surface area contributed by atoms with Crippen LogP contribution >= 0.6 is 0 Å². The second-order valence-corrected chi connectivity index (χ2v) is 12.2. The number of unbranched alkanes of at least 4 members (excludes halogenated alkanes) is 2. The van der Waals surface area contributed by atoms with Crippen LogP contribution in [0.4, 0.5) is 4.79 Å². The molecule has 0 bridgehead atoms. The van der Waals surface area contributed by atoms with E-state index in [9.17, 15) is 19.5 Å². The molecule has 0 spiro atoms. The SMILES string of the molecule is CC(C)C(=O)[C@@H]1[C@H](CCc2c(O)c(CCCCC[C@@H]3CCCC3C)cn3ccnc23)CCN1C(=O)CNC(=O)O. The average molecular weight is 555 g/mol. The molecule has 9 nitrogen and oxygen atoms in total. The van der Waals surface area contributed by atoms with E-state index in [-0.39, 0.29) is 30.1 Å². The molecule has 2 aliphatic rings. The molecule has 3 heterocycles. The summed E-state index contributed by atoms with van der Waals surface area (Å²) in [6.45, 7) is 6.11. The van der Waals surface area contributed by atoms with Crippen LogP contribution < -0.4 is 5.32 Å². The first kappa shape index (κ1) is 29.9. The van der Waals surface area contributed by atoms with Crippen molar-refractivity contribution in [2.24, 2.45) is 23.7 Å². The lowest BCUT2D eigenvalue weighted by Gasteiger charge is -2.28. The number of hydrogen-bond donors (Lipinski definition) is 3. The van der Waals surface area contributed by atoms with Gasteiger partial charge in [0, 0.05) is 42.2 Å². The number of ketones is 1. The molecule has 9 heteroatoms. The highest BCUT2D eigenvalue weighted by atomic mass is 16.4. The number of Topliss-reactive ketones (excluding diaryl/α,β-unsaturated/α-hetero) is 1. The number of carbonyl (C=O) groups excluding carboxylic acids is 2. The third-order valence-corrected chi connectivity index (χ3v) is 9.24. The Kier molecular flexibility index (Phi) is 10.1. The van der Waals surface area contributed by atoms with Gasteiger partial charge in [-0.1, -0.05) is 59.3 Å². The Morgan fingerprint density at radius 1 is 1.07 bits per heavy atom. The van der Waals surface area contributed by atoms with Crippen molar-refractivity contribution in [3.8, 4) is 5.75 Å². The Labute approximate surface area is 237 Å². The van der Waals surface area contributed by atoms with E-state index in [1.54, 1.807) is 6.20 Å². The second kappa shape index (κ2) is 13.5. The first-order chi connectivity index (χ1) is 19.2. The number of aryl methyl sites for hydroxylation is 2. The molecule has 1 aliphatic carbocycles. The Balaban J connectivity index is 1.42. The summed E-state index contributed by atoms with van der Waals surface area (Å²) in [5.41, 5.74) is 2.43. The first-order valence-corrected chi connectivity index (χ1v) is 15.1. The lowest BCUT2D eigenvalue weighted by molar-refractivity contribution is -0.139. The predicted molar refractivity (Wildman–Crippen MR) is 153 cm³/mol. The molecular weight excluding hydrogens is 508 g/mol. The number of fused-ring (bicyclic) bond motifs is 1. The van der Waals surface area contributed by atoms with Crippen molar-refractivity contribution in [1.29, 1.82) is 0 Å². The van der Waals surface area contributed by atoms with E-state index < -0.39 is 12.1 Å². The number of carbonyl (C=O) groups is 3. The molecule has 220 valence electrons. The van der Waals surface area contributed by atoms with Crippen molar-refractivity contribution < 1.29 is 24.6 Å². The fourth-order valence-electron chi connectivity index (χ4n) is 6.89. The van der Waals surface area contributed by atoms with Gasteiger partial charge in [0.1, 0.15) is 17.9 Å². The van der Waals surface area contributed by atoms with Crippen molar-refractivity contribution in [3.05, 3.63) is 29.7 Å². The van der Waals surface area contributed by atoms with Gasteiger partial charge in [0.15, 0.2) is 5.78 Å². The lowest BCUT2D eigenvalue weighted by Crippen LogP contribution is -2.48. The molecule has 2 aromatic rings. The molecule has 1 unspecified atom stereocenters. The first-order valence-electron chi connectivity index (χ1n) is 15.1. The molecule has 0 aromatic carbocycles. The van der Waals surface area contributed by atoms with Gasteiger partial charge in [-0.3, -0.25) is 9.59 Å². The van der Waals surface area contributed by atoms with Gasteiger partial charge in [-0.05, 0) is 49.9 Å². The Bertz CT molecular complexity index is 1190. The van der Waals surface area contributed by atoms with Crippen LogP contribution in [0, 0.1) is 23.7 Å². The third kappa shape index (κ3) is 6.96. The Morgan fingerprint density at radius 3 is 2.58 bits per heavy atom. The minimum Gasteiger partial charge on any atom is -0.507 e. The molecular formula is C31H46N4O5. The molecule has 1 aliphatic heterocycles. The van der Waals surface area contributed by atoms with Crippen LogP contribution in [-0.4, -0.2) is 61.4 Å². The monoisotopic (exact) mass is 554 g/mol. The van der Waals surface area contributed by atoms with Crippen molar-refractivity contribution in [1.82, 2.24) is 19.6 Å². The molecule has 2 amide bonds. The minimum atomic E-state index is -1.27. The van der Waals surface area contributed by atoms with Crippen LogP contribution in [0.2, 0.25) is 0 Å². The largest absolute Gasteiger partial charge is 0.507 e. The summed E-state index contributed by atoms with van der Waals surface area (Å²) in [4.78, 5) is 42.9. The van der Waals surface area contributed by atoms with E-state index in [4.69, 9.17) is 5.11 Å². The number of hydrogen-bond acceptors (Lipinski definition) is 5. The quantitative estimate of drug-likeness (QED) is 0.292. The summed E-state index contributed by atoms with van der Waals surface area (Å²) >= 11 is 0. The van der Waals surface area contributed by atoms with Crippen LogP contribution in [0.3, 0.4) is 0 Å². The van der Waals surface area contributed by atoms with Crippen LogP contribution in [0.1, 0.15) is 89.7 Å². The summed E-state index contributed by atoms with van der Waals surface area (Å²) in [6.07, 6.45) is 15.8. The number of aromatic nitrogens is 2. The zero-order valence-corrected chi connectivity index (χ0v) is 24.3. The number of amides is 2. The highest BCUT2D eigenvalue weighted by Crippen LogP contribution is 2.36. The molecule has 4 rings (SSSR count). The number of pyridine rings is 1. The maximum atomic E-state index is 13.2. The number of aromatic hydroxyl groups is 1. The fraction of sp³-hybridized carbons (Fsp3) is 0.677. The van der Waals surface area contributed by atoms with Crippen LogP contribution in [0.5, 0.6) is 5.75 Å². The highest BCUT2D eigenvalue weighted by Gasteiger charge is 2.42. The summed E-state index contributed by atoms with van der Waals surface area (Å²) < 4.78 is 1.98. The molecule has 3 N–H and O–H groups in total. The lowest BCUT2D eigenvalue weighted by atomic mass is 9.86. The summed E-state index contributed by atoms with van der Waals surface area (Å²) in [5.74, 6) is 1.32. The zero-order chi connectivity index (χ0) is 28.8. The number of carboxylic acid groups (broad SMARTS) is 1. The Hall–Kier alpha value is -3.10. The average Bonchev–Trinajstić information content (AvgIpc) is 3.66. The summed E-state index contributed by atoms with van der Waals surface area (Å²) in [7, 11) is 0. The van der Waals surface area contributed by atoms with Gasteiger partial charge < -0.3 is 24.8 Å². The smallest absolute Gasteiger partial charge is 0.405 e. The van der Waals surface area contributed by atoms with Crippen LogP contribution in [0.15, 0.2) is 18.6 Å². The topological polar surface area (TPSA) is 124 Å². The normalized spacial score (nSPS) is 22.9. The minimum absolute atomic E-state index is 0.0119. The molecule has 1 saturated heterocycles. The van der Waals surface area contributed by atoms with Crippen molar-refractivity contribution in [3.63, 3.8) is 0 Å². The van der Waals surface area contributed by atoms with E-state index in [1.807, 2.05) is 30.6 Å². The standard InChI is InChI=1S/C31H46N4O5/c1-20(2)28(37)27-23(14-16-35(27)26(36)18-33-31(39)40)12-13-25-29(38)24(19-34-17-15-32-30(25)34)10-6-4-5-9-22-11-7-8-21(22)3/h15,17,19-23,27,33,38H,4-14,16,18H2,1-3H3,(H,39,40)/t21?,22-,23-,27+/m1/s1. The number of nitrogens with zero attached hydrogens (tertiary/aromatic N) is 3. The molecule has 2 fully saturated rings. The Morgan fingerprint density at radius 2 is 1.88 bits per heavy atom. The summed E-state index contributed by atoms with van der Waals surface area (Å²) in [6, 6.07) is -0.591. The van der Waals surface area contributed by atoms with Gasteiger partial charge >= 0.3 is 6.09 Å². The van der Waals surface area contributed by atoms with E-state index in [2.05, 4.69) is 17.2 Å². The van der Waals surface area contributed by atoms with Crippen LogP contribution in [-0.2, 0) is 22.4 Å². The maximum absolute atomic E-state index is 13.2. The van der Waals surface area contributed by atoms with E-state index in [1.165, 1.54) is 37.0 Å². The van der Waals surface area contributed by atoms with Gasteiger partial charge in [-0.25, -0.2) is 9.78 Å². The zero-order valence-electron chi connectivity index (χ0n) is 24.3. The second-order valence-electron chi connectivity index (χ2n) is 12.2. The molecule has 1 saturated carbocycles. The fourth-order valence-corrected chi connectivity index (χ4v) is 6.89.